The van der Waals surface area contributed by atoms with Crippen molar-refractivity contribution in [3.63, 3.8) is 0 Å². The predicted octanol–water partition coefficient (Wildman–Crippen LogP) is 1.80. The van der Waals surface area contributed by atoms with Crippen LogP contribution in [-0.2, 0) is 0 Å². The fraction of sp³-hybridized carbons (Fsp3) is 0.143. The van der Waals surface area contributed by atoms with Crippen molar-refractivity contribution in [1.82, 2.24) is 20.1 Å². The second kappa shape index (κ2) is 5.20. The van der Waals surface area contributed by atoms with E-state index in [0.29, 0.717) is 23.0 Å². The molecule has 0 amide bonds. The lowest BCUT2D eigenvalue weighted by Gasteiger charge is -2.02. The third-order valence-corrected chi connectivity index (χ3v) is 2.93. The number of para-hydroxylation sites is 1. The maximum Gasteiger partial charge on any atom is 0.265 e. The van der Waals surface area contributed by atoms with Gasteiger partial charge >= 0.3 is 0 Å². The van der Waals surface area contributed by atoms with Crippen LogP contribution in [0.2, 0.25) is 0 Å². The minimum atomic E-state index is -0.322. The lowest BCUT2D eigenvalue weighted by Crippen LogP contribution is -2.11. The number of H-pyrrole nitrogens is 1. The molecule has 7 nitrogen and oxygen atoms in total. The molecule has 0 aliphatic heterocycles. The summed E-state index contributed by atoms with van der Waals surface area (Å²) in [5.41, 5.74) is 0.596. The number of ether oxygens (including phenoxy) is 1. The van der Waals surface area contributed by atoms with E-state index in [0.717, 1.165) is 0 Å². The SMILES string of the molecule is COc1ccccc1-c1noc(-c2cnc(C)[nH]c2=O)n1. The first kappa shape index (κ1) is 13.0. The van der Waals surface area contributed by atoms with Gasteiger partial charge in [0, 0.05) is 6.20 Å². The summed E-state index contributed by atoms with van der Waals surface area (Å²) in [6.45, 7) is 1.69. The van der Waals surface area contributed by atoms with Gasteiger partial charge in [-0.2, -0.15) is 4.98 Å². The van der Waals surface area contributed by atoms with Crippen molar-refractivity contribution in [2.45, 2.75) is 6.92 Å². The molecule has 7 heteroatoms. The molecular formula is C14H12N4O3. The lowest BCUT2D eigenvalue weighted by atomic mass is 10.2. The van der Waals surface area contributed by atoms with Gasteiger partial charge in [-0.15, -0.1) is 0 Å². The van der Waals surface area contributed by atoms with Crippen LogP contribution in [0.25, 0.3) is 22.8 Å². The average Bonchev–Trinajstić information content (AvgIpc) is 2.96. The predicted molar refractivity (Wildman–Crippen MR) is 74.9 cm³/mol. The van der Waals surface area contributed by atoms with Gasteiger partial charge in [0.15, 0.2) is 0 Å². The molecule has 1 aromatic carbocycles. The Morgan fingerprint density at radius 2 is 2.05 bits per heavy atom. The highest BCUT2D eigenvalue weighted by Gasteiger charge is 2.16. The van der Waals surface area contributed by atoms with E-state index in [9.17, 15) is 4.79 Å². The summed E-state index contributed by atoms with van der Waals surface area (Å²) in [5.74, 6) is 1.61. The number of methoxy groups -OCH3 is 1. The average molecular weight is 284 g/mol. The van der Waals surface area contributed by atoms with E-state index in [1.165, 1.54) is 6.20 Å². The first-order valence-corrected chi connectivity index (χ1v) is 6.22. The Bertz CT molecular complexity index is 838. The van der Waals surface area contributed by atoms with Crippen LogP contribution < -0.4 is 10.3 Å². The monoisotopic (exact) mass is 284 g/mol. The molecule has 0 saturated carbocycles. The van der Waals surface area contributed by atoms with Crippen molar-refractivity contribution in [2.24, 2.45) is 0 Å². The van der Waals surface area contributed by atoms with Crippen molar-refractivity contribution >= 4 is 0 Å². The number of aryl methyl sites for hydroxylation is 1. The van der Waals surface area contributed by atoms with E-state index in [2.05, 4.69) is 20.1 Å². The molecule has 3 aromatic rings. The van der Waals surface area contributed by atoms with Gasteiger partial charge in [0.2, 0.25) is 5.82 Å². The second-order valence-corrected chi connectivity index (χ2v) is 4.33. The minimum Gasteiger partial charge on any atom is -0.496 e. The smallest absolute Gasteiger partial charge is 0.265 e. The number of hydrogen-bond acceptors (Lipinski definition) is 6. The molecule has 0 saturated heterocycles. The molecule has 1 N–H and O–H groups in total. The van der Waals surface area contributed by atoms with Gasteiger partial charge in [0.1, 0.15) is 17.1 Å². The van der Waals surface area contributed by atoms with E-state index in [1.807, 2.05) is 18.2 Å². The summed E-state index contributed by atoms with van der Waals surface area (Å²) in [4.78, 5) is 22.7. The standard InChI is InChI=1S/C14H12N4O3/c1-8-15-7-10(13(19)16-8)14-17-12(18-21-14)9-5-3-4-6-11(9)20-2/h3-7H,1-2H3,(H,15,16,19). The summed E-state index contributed by atoms with van der Waals surface area (Å²) in [6.07, 6.45) is 1.41. The third-order valence-electron chi connectivity index (χ3n) is 2.93. The Labute approximate surface area is 119 Å². The quantitative estimate of drug-likeness (QED) is 0.788. The molecule has 0 spiro atoms. The summed E-state index contributed by atoms with van der Waals surface area (Å²) < 4.78 is 10.4. The van der Waals surface area contributed by atoms with E-state index in [4.69, 9.17) is 9.26 Å². The van der Waals surface area contributed by atoms with Crippen molar-refractivity contribution in [3.8, 4) is 28.6 Å². The molecule has 0 aliphatic rings. The first-order chi connectivity index (χ1) is 10.2. The minimum absolute atomic E-state index is 0.115. The van der Waals surface area contributed by atoms with Crippen molar-refractivity contribution in [2.75, 3.05) is 7.11 Å². The number of rotatable bonds is 3. The van der Waals surface area contributed by atoms with Gasteiger partial charge < -0.3 is 14.2 Å². The molecule has 21 heavy (non-hydrogen) atoms. The summed E-state index contributed by atoms with van der Waals surface area (Å²) in [6, 6.07) is 7.29. The van der Waals surface area contributed by atoms with E-state index >= 15 is 0 Å². The highest BCUT2D eigenvalue weighted by molar-refractivity contribution is 5.65. The van der Waals surface area contributed by atoms with Crippen LogP contribution in [0.1, 0.15) is 5.82 Å². The summed E-state index contributed by atoms with van der Waals surface area (Å²) in [5, 5.41) is 3.89. The zero-order valence-corrected chi connectivity index (χ0v) is 11.5. The number of aromatic amines is 1. The fourth-order valence-electron chi connectivity index (χ4n) is 1.91. The van der Waals surface area contributed by atoms with Crippen molar-refractivity contribution in [1.29, 1.82) is 0 Å². The Balaban J connectivity index is 2.06. The maximum absolute atomic E-state index is 11.9. The van der Waals surface area contributed by atoms with Crippen LogP contribution in [0, 0.1) is 6.92 Å². The van der Waals surface area contributed by atoms with E-state index < -0.39 is 0 Å². The van der Waals surface area contributed by atoms with Gasteiger partial charge in [-0.25, -0.2) is 4.98 Å². The maximum atomic E-state index is 11.9. The molecular weight excluding hydrogens is 272 g/mol. The zero-order chi connectivity index (χ0) is 14.8. The molecule has 0 aliphatic carbocycles. The number of aromatic nitrogens is 4. The van der Waals surface area contributed by atoms with E-state index in [-0.39, 0.29) is 17.0 Å². The Morgan fingerprint density at radius 3 is 2.81 bits per heavy atom. The van der Waals surface area contributed by atoms with Crippen LogP contribution >= 0.6 is 0 Å². The van der Waals surface area contributed by atoms with E-state index in [1.54, 1.807) is 20.1 Å². The van der Waals surface area contributed by atoms with Gasteiger partial charge in [0.25, 0.3) is 11.4 Å². The third kappa shape index (κ3) is 2.40. The molecule has 0 bridgehead atoms. The van der Waals surface area contributed by atoms with Gasteiger partial charge in [0.05, 0.1) is 12.7 Å². The van der Waals surface area contributed by atoms with Gasteiger partial charge in [-0.3, -0.25) is 4.79 Å². The van der Waals surface area contributed by atoms with Crippen LogP contribution in [0.4, 0.5) is 0 Å². The Kier molecular flexibility index (Phi) is 3.23. The number of hydrogen-bond donors (Lipinski definition) is 1. The molecule has 0 radical (unpaired) electrons. The topological polar surface area (TPSA) is 93.9 Å². The zero-order valence-electron chi connectivity index (χ0n) is 11.5. The molecule has 3 rings (SSSR count). The van der Waals surface area contributed by atoms with Crippen LogP contribution in [0.15, 0.2) is 39.8 Å². The van der Waals surface area contributed by atoms with Gasteiger partial charge in [-0.05, 0) is 19.1 Å². The van der Waals surface area contributed by atoms with Crippen molar-refractivity contribution < 1.29 is 9.26 Å². The molecule has 0 atom stereocenters. The fourth-order valence-corrected chi connectivity index (χ4v) is 1.91. The summed E-state index contributed by atoms with van der Waals surface area (Å²) in [7, 11) is 1.56. The first-order valence-electron chi connectivity index (χ1n) is 6.22. The second-order valence-electron chi connectivity index (χ2n) is 4.33. The highest BCUT2D eigenvalue weighted by Crippen LogP contribution is 2.28. The van der Waals surface area contributed by atoms with Crippen LogP contribution in [0.3, 0.4) is 0 Å². The van der Waals surface area contributed by atoms with Crippen LogP contribution in [0.5, 0.6) is 5.75 Å². The largest absolute Gasteiger partial charge is 0.496 e. The summed E-state index contributed by atoms with van der Waals surface area (Å²) >= 11 is 0. The Hall–Kier alpha value is -2.96. The molecule has 2 aromatic heterocycles. The Morgan fingerprint density at radius 1 is 1.24 bits per heavy atom. The number of benzene rings is 1. The highest BCUT2D eigenvalue weighted by atomic mass is 16.5. The molecule has 0 unspecified atom stereocenters. The molecule has 0 fully saturated rings. The van der Waals surface area contributed by atoms with Gasteiger partial charge in [-0.1, -0.05) is 17.3 Å². The van der Waals surface area contributed by atoms with Crippen LogP contribution in [-0.4, -0.2) is 27.2 Å². The molecule has 106 valence electrons. The molecule has 2 heterocycles. The number of nitrogens with zero attached hydrogens (tertiary/aromatic N) is 3. The normalized spacial score (nSPS) is 10.6. The van der Waals surface area contributed by atoms with Crippen molar-refractivity contribution in [3.05, 3.63) is 46.6 Å². The lowest BCUT2D eigenvalue weighted by molar-refractivity contribution is 0.413. The number of nitrogens with one attached hydrogen (secondary N) is 1.